The van der Waals surface area contributed by atoms with E-state index in [0.29, 0.717) is 24.3 Å². The highest BCUT2D eigenvalue weighted by atomic mass is 32.1. The molecule has 1 saturated heterocycles. The van der Waals surface area contributed by atoms with E-state index in [9.17, 15) is 14.4 Å². The maximum Gasteiger partial charge on any atom is 0.308 e. The average Bonchev–Trinajstić information content (AvgIpc) is 3.04. The van der Waals surface area contributed by atoms with Gasteiger partial charge in [0.15, 0.2) is 0 Å². The SMILES string of the molecule is CCCc1sc(C(=O)N(C)CC(=O)N2CCCC(C(=O)O)C2)cc1CC. The van der Waals surface area contributed by atoms with E-state index in [0.717, 1.165) is 19.3 Å². The van der Waals surface area contributed by atoms with Gasteiger partial charge < -0.3 is 14.9 Å². The number of carbonyl (C=O) groups excluding carboxylic acids is 2. The first-order chi connectivity index (χ1) is 12.4. The molecule has 1 fully saturated rings. The van der Waals surface area contributed by atoms with Crippen LogP contribution in [0.1, 0.15) is 53.2 Å². The lowest BCUT2D eigenvalue weighted by atomic mass is 9.98. The van der Waals surface area contributed by atoms with Crippen molar-refractivity contribution in [3.8, 4) is 0 Å². The van der Waals surface area contributed by atoms with Crippen LogP contribution in [0.3, 0.4) is 0 Å². The summed E-state index contributed by atoms with van der Waals surface area (Å²) in [6, 6.07) is 1.94. The molecular formula is C19H28N2O4S. The Labute approximate surface area is 158 Å². The van der Waals surface area contributed by atoms with Gasteiger partial charge in [0.2, 0.25) is 5.91 Å². The summed E-state index contributed by atoms with van der Waals surface area (Å²) in [6.45, 7) is 4.97. The number of thiophene rings is 1. The number of aryl methyl sites for hydroxylation is 2. The molecule has 0 bridgehead atoms. The Bertz CT molecular complexity index is 670. The summed E-state index contributed by atoms with van der Waals surface area (Å²) in [5.74, 6) is -1.70. The number of hydrogen-bond acceptors (Lipinski definition) is 4. The minimum Gasteiger partial charge on any atom is -0.481 e. The molecule has 1 aromatic rings. The van der Waals surface area contributed by atoms with Crippen molar-refractivity contribution in [2.24, 2.45) is 5.92 Å². The van der Waals surface area contributed by atoms with Crippen molar-refractivity contribution in [2.45, 2.75) is 46.0 Å². The third-order valence-corrected chi connectivity index (χ3v) is 6.03. The molecule has 144 valence electrons. The Balaban J connectivity index is 2.00. The Morgan fingerprint density at radius 3 is 2.69 bits per heavy atom. The normalized spacial score (nSPS) is 17.2. The van der Waals surface area contributed by atoms with E-state index in [1.54, 1.807) is 11.9 Å². The first-order valence-electron chi connectivity index (χ1n) is 9.24. The van der Waals surface area contributed by atoms with Crippen LogP contribution in [0.25, 0.3) is 0 Å². The summed E-state index contributed by atoms with van der Waals surface area (Å²) >= 11 is 1.52. The van der Waals surface area contributed by atoms with Crippen LogP contribution in [0.15, 0.2) is 6.07 Å². The van der Waals surface area contributed by atoms with E-state index in [-0.39, 0.29) is 24.9 Å². The minimum absolute atomic E-state index is 0.0202. The van der Waals surface area contributed by atoms with Crippen LogP contribution in [0.4, 0.5) is 0 Å². The monoisotopic (exact) mass is 380 g/mol. The first kappa shape index (κ1) is 20.4. The first-order valence-corrected chi connectivity index (χ1v) is 10.1. The van der Waals surface area contributed by atoms with Gasteiger partial charge >= 0.3 is 5.97 Å². The zero-order valence-corrected chi connectivity index (χ0v) is 16.6. The fourth-order valence-corrected chi connectivity index (χ4v) is 4.63. The van der Waals surface area contributed by atoms with Gasteiger partial charge in [-0.2, -0.15) is 0 Å². The van der Waals surface area contributed by atoms with Crippen molar-refractivity contribution in [3.63, 3.8) is 0 Å². The molecule has 1 aliphatic heterocycles. The maximum absolute atomic E-state index is 12.7. The number of nitrogens with zero attached hydrogens (tertiary/aromatic N) is 2. The van der Waals surface area contributed by atoms with Crippen LogP contribution >= 0.6 is 11.3 Å². The fraction of sp³-hybridized carbons (Fsp3) is 0.632. The van der Waals surface area contributed by atoms with E-state index in [4.69, 9.17) is 5.11 Å². The van der Waals surface area contributed by atoms with Crippen molar-refractivity contribution in [2.75, 3.05) is 26.7 Å². The van der Waals surface area contributed by atoms with Gasteiger partial charge in [-0.15, -0.1) is 11.3 Å². The number of aliphatic carboxylic acids is 1. The zero-order valence-electron chi connectivity index (χ0n) is 15.8. The van der Waals surface area contributed by atoms with Crippen LogP contribution in [0, 0.1) is 5.92 Å². The van der Waals surface area contributed by atoms with E-state index >= 15 is 0 Å². The van der Waals surface area contributed by atoms with Crippen molar-refractivity contribution in [3.05, 3.63) is 21.4 Å². The number of carbonyl (C=O) groups is 3. The summed E-state index contributed by atoms with van der Waals surface area (Å²) < 4.78 is 0. The third-order valence-electron chi connectivity index (χ3n) is 4.81. The average molecular weight is 381 g/mol. The molecule has 0 radical (unpaired) electrons. The Morgan fingerprint density at radius 1 is 1.35 bits per heavy atom. The quantitative estimate of drug-likeness (QED) is 0.789. The highest BCUT2D eigenvalue weighted by Crippen LogP contribution is 2.25. The molecule has 7 heteroatoms. The number of amides is 2. The Hall–Kier alpha value is -1.89. The highest BCUT2D eigenvalue weighted by Gasteiger charge is 2.29. The lowest BCUT2D eigenvalue weighted by molar-refractivity contribution is -0.145. The standard InChI is InChI=1S/C19H28N2O4S/c1-4-7-15-13(5-2)10-16(26-15)18(23)20(3)12-17(22)21-9-6-8-14(11-21)19(24)25/h10,14H,4-9,11-12H2,1-3H3,(H,24,25). The summed E-state index contributed by atoms with van der Waals surface area (Å²) in [4.78, 5) is 41.3. The smallest absolute Gasteiger partial charge is 0.308 e. The Kier molecular flexibility index (Phi) is 7.20. The number of hydrogen-bond donors (Lipinski definition) is 1. The lowest BCUT2D eigenvalue weighted by Crippen LogP contribution is -2.46. The topological polar surface area (TPSA) is 77.9 Å². The van der Waals surface area contributed by atoms with Gasteiger partial charge in [-0.1, -0.05) is 20.3 Å². The van der Waals surface area contributed by atoms with E-state index < -0.39 is 11.9 Å². The van der Waals surface area contributed by atoms with Crippen molar-refractivity contribution < 1.29 is 19.5 Å². The molecule has 1 atom stereocenters. The van der Waals surface area contributed by atoms with Gasteiger partial charge in [0.1, 0.15) is 0 Å². The molecule has 6 nitrogen and oxygen atoms in total. The molecule has 1 aliphatic rings. The fourth-order valence-electron chi connectivity index (χ4n) is 3.28. The molecule has 0 aliphatic carbocycles. The summed E-state index contributed by atoms with van der Waals surface area (Å²) in [6.07, 6.45) is 4.18. The summed E-state index contributed by atoms with van der Waals surface area (Å²) in [5.41, 5.74) is 1.21. The second kappa shape index (κ2) is 9.16. The van der Waals surface area contributed by atoms with Crippen molar-refractivity contribution >= 4 is 29.1 Å². The van der Waals surface area contributed by atoms with E-state index in [1.807, 2.05) is 6.07 Å². The molecule has 1 unspecified atom stereocenters. The van der Waals surface area contributed by atoms with Crippen LogP contribution in [0.5, 0.6) is 0 Å². The molecule has 0 saturated carbocycles. The lowest BCUT2D eigenvalue weighted by Gasteiger charge is -2.31. The maximum atomic E-state index is 12.7. The van der Waals surface area contributed by atoms with Gasteiger partial charge in [0, 0.05) is 25.0 Å². The predicted molar refractivity (Wildman–Crippen MR) is 102 cm³/mol. The van der Waals surface area contributed by atoms with Crippen molar-refractivity contribution in [1.29, 1.82) is 0 Å². The second-order valence-electron chi connectivity index (χ2n) is 6.84. The van der Waals surface area contributed by atoms with Gasteiger partial charge in [-0.3, -0.25) is 14.4 Å². The van der Waals surface area contributed by atoms with Gasteiger partial charge in [-0.05, 0) is 37.3 Å². The molecule has 2 rings (SSSR count). The van der Waals surface area contributed by atoms with E-state index in [1.165, 1.54) is 26.7 Å². The van der Waals surface area contributed by atoms with Crippen molar-refractivity contribution in [1.82, 2.24) is 9.80 Å². The van der Waals surface area contributed by atoms with Crippen LogP contribution in [-0.4, -0.2) is 59.4 Å². The van der Waals surface area contributed by atoms with E-state index in [2.05, 4.69) is 13.8 Å². The highest BCUT2D eigenvalue weighted by molar-refractivity contribution is 7.14. The van der Waals surface area contributed by atoms with Crippen LogP contribution < -0.4 is 0 Å². The second-order valence-corrected chi connectivity index (χ2v) is 7.98. The molecule has 0 spiro atoms. The number of likely N-dealkylation sites (N-methyl/N-ethyl adjacent to an activating group) is 1. The molecule has 1 N–H and O–H groups in total. The summed E-state index contributed by atoms with van der Waals surface area (Å²) in [7, 11) is 1.63. The summed E-state index contributed by atoms with van der Waals surface area (Å²) in [5, 5.41) is 9.15. The number of piperidine rings is 1. The van der Waals surface area contributed by atoms with Crippen LogP contribution in [-0.2, 0) is 22.4 Å². The number of likely N-dealkylation sites (tertiary alicyclic amines) is 1. The third kappa shape index (κ3) is 4.84. The number of carboxylic acids is 1. The van der Waals surface area contributed by atoms with Gasteiger partial charge in [0.25, 0.3) is 5.91 Å². The van der Waals surface area contributed by atoms with Gasteiger partial charge in [-0.25, -0.2) is 0 Å². The molecule has 1 aromatic heterocycles. The molecule has 2 amide bonds. The molecule has 2 heterocycles. The molecular weight excluding hydrogens is 352 g/mol. The molecule has 26 heavy (non-hydrogen) atoms. The van der Waals surface area contributed by atoms with Crippen LogP contribution in [0.2, 0.25) is 0 Å². The van der Waals surface area contributed by atoms with Gasteiger partial charge in [0.05, 0.1) is 17.3 Å². The zero-order chi connectivity index (χ0) is 19.3. The predicted octanol–water partition coefficient (Wildman–Crippen LogP) is 2.66. The number of rotatable bonds is 7. The Morgan fingerprint density at radius 2 is 2.08 bits per heavy atom. The largest absolute Gasteiger partial charge is 0.481 e. The number of carboxylic acid groups (broad SMARTS) is 1. The molecule has 0 aromatic carbocycles. The minimum atomic E-state index is -0.860.